The predicted molar refractivity (Wildman–Crippen MR) is 113 cm³/mol. The van der Waals surface area contributed by atoms with E-state index in [9.17, 15) is 9.59 Å². The first-order valence-electron chi connectivity index (χ1n) is 7.83. The number of aromatic nitrogens is 1. The molecule has 2 amide bonds. The van der Waals surface area contributed by atoms with Crippen molar-refractivity contribution in [3.8, 4) is 0 Å². The number of halogens is 4. The number of hydrogen-bond acceptors (Lipinski definition) is 3. The molecule has 0 unspecified atom stereocenters. The molecule has 0 saturated carbocycles. The third kappa shape index (κ3) is 4.94. The summed E-state index contributed by atoms with van der Waals surface area (Å²) in [6.45, 7) is 0. The molecule has 1 aromatic heterocycles. The van der Waals surface area contributed by atoms with Crippen molar-refractivity contribution < 1.29 is 9.59 Å². The number of hydrogen-bond donors (Lipinski definition) is 2. The second-order valence-corrected chi connectivity index (χ2v) is 7.25. The normalized spacial score (nSPS) is 10.4. The van der Waals surface area contributed by atoms with Crippen molar-refractivity contribution in [3.63, 3.8) is 0 Å². The predicted octanol–water partition coefficient (Wildman–Crippen LogP) is 6.20. The number of pyridine rings is 1. The minimum atomic E-state index is -0.542. The maximum atomic E-state index is 12.5. The van der Waals surface area contributed by atoms with Gasteiger partial charge in [0.25, 0.3) is 11.8 Å². The Morgan fingerprint density at radius 2 is 1.11 bits per heavy atom. The highest BCUT2D eigenvalue weighted by atomic mass is 35.5. The summed E-state index contributed by atoms with van der Waals surface area (Å²) < 4.78 is 0. The van der Waals surface area contributed by atoms with Crippen LogP contribution >= 0.6 is 46.4 Å². The fourth-order valence-electron chi connectivity index (χ4n) is 2.25. The molecule has 0 saturated heterocycles. The second-order valence-electron chi connectivity index (χ2n) is 5.56. The van der Waals surface area contributed by atoms with Crippen LogP contribution < -0.4 is 10.6 Å². The van der Waals surface area contributed by atoms with E-state index in [2.05, 4.69) is 15.6 Å². The van der Waals surface area contributed by atoms with Gasteiger partial charge in [-0.05, 0) is 48.5 Å². The monoisotopic (exact) mass is 453 g/mol. The highest BCUT2D eigenvalue weighted by Crippen LogP contribution is 2.27. The number of benzene rings is 2. The zero-order valence-electron chi connectivity index (χ0n) is 14.0. The van der Waals surface area contributed by atoms with Gasteiger partial charge in [-0.15, -0.1) is 0 Å². The van der Waals surface area contributed by atoms with Gasteiger partial charge in [0.2, 0.25) is 0 Å². The van der Waals surface area contributed by atoms with Gasteiger partial charge in [-0.25, -0.2) is 4.98 Å². The van der Waals surface area contributed by atoms with E-state index in [1.54, 1.807) is 24.3 Å². The minimum absolute atomic E-state index is 0.0286. The first-order chi connectivity index (χ1) is 13.3. The van der Waals surface area contributed by atoms with Crippen molar-refractivity contribution in [2.75, 3.05) is 10.6 Å². The Morgan fingerprint density at radius 1 is 0.679 bits per heavy atom. The Labute approximate surface area is 180 Å². The van der Waals surface area contributed by atoms with E-state index in [0.29, 0.717) is 31.5 Å². The lowest BCUT2D eigenvalue weighted by atomic mass is 10.2. The van der Waals surface area contributed by atoms with Crippen LogP contribution in [0.3, 0.4) is 0 Å². The number of carbonyl (C=O) groups excluding carboxylic acids is 2. The van der Waals surface area contributed by atoms with E-state index in [1.807, 2.05) is 0 Å². The topological polar surface area (TPSA) is 71.1 Å². The van der Waals surface area contributed by atoms with Crippen molar-refractivity contribution in [1.82, 2.24) is 4.98 Å². The molecule has 28 heavy (non-hydrogen) atoms. The quantitative estimate of drug-likeness (QED) is 0.492. The van der Waals surface area contributed by atoms with Gasteiger partial charge in [0.1, 0.15) is 11.4 Å². The third-order valence-electron chi connectivity index (χ3n) is 3.57. The molecule has 0 fully saturated rings. The van der Waals surface area contributed by atoms with Crippen LogP contribution in [0.4, 0.5) is 11.4 Å². The summed E-state index contributed by atoms with van der Waals surface area (Å²) >= 11 is 23.9. The maximum absolute atomic E-state index is 12.5. The lowest BCUT2D eigenvalue weighted by Crippen LogP contribution is -2.18. The summed E-state index contributed by atoms with van der Waals surface area (Å²) in [5.74, 6) is -1.08. The van der Waals surface area contributed by atoms with Crippen LogP contribution in [0.15, 0.2) is 54.6 Å². The molecule has 3 aromatic rings. The Morgan fingerprint density at radius 3 is 1.54 bits per heavy atom. The molecule has 142 valence electrons. The highest BCUT2D eigenvalue weighted by molar-refractivity contribution is 6.36. The molecule has 3 rings (SSSR count). The van der Waals surface area contributed by atoms with Crippen LogP contribution in [0, 0.1) is 0 Å². The molecular weight excluding hydrogens is 444 g/mol. The summed E-state index contributed by atoms with van der Waals surface area (Å²) in [6.07, 6.45) is 0. The van der Waals surface area contributed by atoms with Crippen LogP contribution in [0.25, 0.3) is 0 Å². The van der Waals surface area contributed by atoms with E-state index < -0.39 is 11.8 Å². The molecule has 2 N–H and O–H groups in total. The number of rotatable bonds is 4. The molecular formula is C19H11Cl4N3O2. The van der Waals surface area contributed by atoms with E-state index in [4.69, 9.17) is 46.4 Å². The molecule has 0 aliphatic heterocycles. The van der Waals surface area contributed by atoms with E-state index >= 15 is 0 Å². The van der Waals surface area contributed by atoms with Crippen LogP contribution in [0.1, 0.15) is 21.0 Å². The summed E-state index contributed by atoms with van der Waals surface area (Å²) in [7, 11) is 0. The molecule has 0 bridgehead atoms. The second kappa shape index (κ2) is 8.80. The summed E-state index contributed by atoms with van der Waals surface area (Å²) in [5.41, 5.74) is 0.727. The van der Waals surface area contributed by atoms with E-state index in [1.165, 1.54) is 30.3 Å². The van der Waals surface area contributed by atoms with Crippen LogP contribution in [-0.2, 0) is 0 Å². The van der Waals surface area contributed by atoms with Gasteiger partial charge in [0.05, 0.1) is 21.4 Å². The largest absolute Gasteiger partial charge is 0.319 e. The number of amides is 2. The molecule has 9 heteroatoms. The van der Waals surface area contributed by atoms with Gasteiger partial charge in [-0.1, -0.05) is 52.5 Å². The van der Waals surface area contributed by atoms with Gasteiger partial charge < -0.3 is 10.6 Å². The van der Waals surface area contributed by atoms with Gasteiger partial charge >= 0.3 is 0 Å². The molecule has 0 aliphatic carbocycles. The van der Waals surface area contributed by atoms with Crippen LogP contribution in [0.5, 0.6) is 0 Å². The van der Waals surface area contributed by atoms with E-state index in [0.717, 1.165) is 0 Å². The molecule has 0 aliphatic rings. The Balaban J connectivity index is 1.79. The standard InChI is InChI=1S/C19H11Cl4N3O2/c20-10-4-6-12(22)16(8-10)25-18(27)14-2-1-3-15(24-14)19(28)26-17-9-11(21)5-7-13(17)23/h1-9H,(H,25,27)(H,26,28). The molecule has 0 spiro atoms. The zero-order valence-corrected chi connectivity index (χ0v) is 17.0. The van der Waals surface area contributed by atoms with Crippen molar-refractivity contribution in [2.45, 2.75) is 0 Å². The summed E-state index contributed by atoms with van der Waals surface area (Å²) in [6, 6.07) is 13.8. The van der Waals surface area contributed by atoms with Gasteiger partial charge in [0, 0.05) is 10.0 Å². The molecule has 0 radical (unpaired) electrons. The number of carbonyl (C=O) groups is 2. The minimum Gasteiger partial charge on any atom is -0.319 e. The van der Waals surface area contributed by atoms with Gasteiger partial charge in [-0.2, -0.15) is 0 Å². The number of anilines is 2. The molecule has 0 atom stereocenters. The maximum Gasteiger partial charge on any atom is 0.274 e. The van der Waals surface area contributed by atoms with Crippen molar-refractivity contribution in [1.29, 1.82) is 0 Å². The van der Waals surface area contributed by atoms with Crippen LogP contribution in [0.2, 0.25) is 20.1 Å². The van der Waals surface area contributed by atoms with E-state index in [-0.39, 0.29) is 11.4 Å². The van der Waals surface area contributed by atoms with Crippen molar-refractivity contribution in [3.05, 3.63) is 86.1 Å². The van der Waals surface area contributed by atoms with Crippen molar-refractivity contribution >= 4 is 69.6 Å². The fourth-order valence-corrected chi connectivity index (χ4v) is 2.92. The smallest absolute Gasteiger partial charge is 0.274 e. The Hall–Kier alpha value is -2.31. The van der Waals surface area contributed by atoms with Gasteiger partial charge in [-0.3, -0.25) is 9.59 Å². The summed E-state index contributed by atoms with van der Waals surface area (Å²) in [5, 5.41) is 6.70. The van der Waals surface area contributed by atoms with Gasteiger partial charge in [0.15, 0.2) is 0 Å². The third-order valence-corrected chi connectivity index (χ3v) is 4.70. The number of nitrogens with zero attached hydrogens (tertiary/aromatic N) is 1. The highest BCUT2D eigenvalue weighted by Gasteiger charge is 2.15. The molecule has 1 heterocycles. The fraction of sp³-hybridized carbons (Fsp3) is 0. The average molecular weight is 455 g/mol. The summed E-state index contributed by atoms with van der Waals surface area (Å²) in [4.78, 5) is 29.0. The lowest BCUT2D eigenvalue weighted by molar-refractivity contribution is 0.101. The lowest BCUT2D eigenvalue weighted by Gasteiger charge is -2.09. The molecule has 5 nitrogen and oxygen atoms in total. The SMILES string of the molecule is O=C(Nc1cc(Cl)ccc1Cl)c1cccc(C(=O)Nc2cc(Cl)ccc2Cl)n1. The average Bonchev–Trinajstić information content (AvgIpc) is 2.67. The number of nitrogens with one attached hydrogen (secondary N) is 2. The zero-order chi connectivity index (χ0) is 20.3. The van der Waals surface area contributed by atoms with Crippen LogP contribution in [-0.4, -0.2) is 16.8 Å². The molecule has 2 aromatic carbocycles. The first kappa shape index (κ1) is 20.4. The van der Waals surface area contributed by atoms with Crippen molar-refractivity contribution in [2.24, 2.45) is 0 Å². The Kier molecular flexibility index (Phi) is 6.42. The first-order valence-corrected chi connectivity index (χ1v) is 9.34. The Bertz CT molecular complexity index is 992.